The number of phenolic OH excluding ortho intramolecular Hbond substituents is 2. The van der Waals surface area contributed by atoms with Crippen molar-refractivity contribution < 1.29 is 20.1 Å². The monoisotopic (exact) mass is 492 g/mol. The number of aromatic hydroxyl groups is 2. The van der Waals surface area contributed by atoms with Crippen LogP contribution in [0.3, 0.4) is 0 Å². The average Bonchev–Trinajstić information content (AvgIpc) is 3.48. The molecule has 0 aromatic heterocycles. The fourth-order valence-electron chi connectivity index (χ4n) is 3.98. The van der Waals surface area contributed by atoms with E-state index in [0.29, 0.717) is 24.0 Å². The van der Waals surface area contributed by atoms with E-state index in [1.165, 1.54) is 36.4 Å². The zero-order valence-electron chi connectivity index (χ0n) is 19.2. The molecule has 0 bridgehead atoms. The number of rotatable bonds is 11. The third-order valence-corrected chi connectivity index (χ3v) is 5.88. The largest absolute Gasteiger partial charge is 0.508 e. The third-order valence-electron chi connectivity index (χ3n) is 5.88. The van der Waals surface area contributed by atoms with Crippen molar-refractivity contribution in [1.29, 1.82) is 0 Å². The minimum absolute atomic E-state index is 0.0122. The van der Waals surface area contributed by atoms with Gasteiger partial charge < -0.3 is 10.2 Å². The van der Waals surface area contributed by atoms with Gasteiger partial charge in [0.1, 0.15) is 37.0 Å². The number of amidine groups is 2. The van der Waals surface area contributed by atoms with Crippen molar-refractivity contribution in [1.82, 2.24) is 19.8 Å². The van der Waals surface area contributed by atoms with Crippen LogP contribution in [0.25, 0.3) is 0 Å². The van der Waals surface area contributed by atoms with E-state index in [2.05, 4.69) is 9.98 Å². The topological polar surface area (TPSA) is 161 Å². The summed E-state index contributed by atoms with van der Waals surface area (Å²) in [7, 11) is 0. The first kappa shape index (κ1) is 24.4. The van der Waals surface area contributed by atoms with Gasteiger partial charge in [-0.05, 0) is 25.0 Å². The molecule has 0 aliphatic carbocycles. The predicted molar refractivity (Wildman–Crippen MR) is 132 cm³/mol. The van der Waals surface area contributed by atoms with Crippen LogP contribution in [0.4, 0.5) is 11.4 Å². The van der Waals surface area contributed by atoms with Gasteiger partial charge in [-0.2, -0.15) is 0 Å². The Morgan fingerprint density at radius 1 is 0.722 bits per heavy atom. The van der Waals surface area contributed by atoms with E-state index in [4.69, 9.17) is 0 Å². The minimum atomic E-state index is -0.498. The van der Waals surface area contributed by atoms with Crippen LogP contribution >= 0.6 is 0 Å². The first-order valence-electron chi connectivity index (χ1n) is 11.2. The highest BCUT2D eigenvalue weighted by atomic mass is 16.6. The van der Waals surface area contributed by atoms with Crippen LogP contribution in [0.2, 0.25) is 0 Å². The molecule has 2 aromatic carbocycles. The lowest BCUT2D eigenvalue weighted by molar-refractivity contribution is -0.385. The van der Waals surface area contributed by atoms with Crippen molar-refractivity contribution in [3.63, 3.8) is 0 Å². The molecular formula is C24H24N6O6+2. The molecular weight excluding hydrogens is 468 g/mol. The Labute approximate surface area is 206 Å². The standard InChI is InChI=1S/C24H24N6O6/c31-21-7-5-19(29(33)34)13-17(21)15-27-11-9-25-23(27)3-1-2-4-24-26-10-12-28(24)16-18-14-20(30(35)36)6-8-22(18)32/h5-14,31-32H,1-4,15-16H2/q+2. The Bertz CT molecular complexity index is 1200. The molecule has 0 saturated heterocycles. The van der Waals surface area contributed by atoms with Crippen LogP contribution in [0.15, 0.2) is 61.2 Å². The lowest BCUT2D eigenvalue weighted by Gasteiger charge is -2.12. The van der Waals surface area contributed by atoms with Gasteiger partial charge >= 0.3 is 0 Å². The number of unbranched alkanes of at least 4 members (excludes halogenated alkanes) is 1. The molecule has 0 spiro atoms. The molecule has 184 valence electrons. The molecule has 12 nitrogen and oxygen atoms in total. The molecule has 0 unspecified atom stereocenters. The smallest absolute Gasteiger partial charge is 0.298 e. The molecule has 4 rings (SSSR count). The summed E-state index contributed by atoms with van der Waals surface area (Å²) >= 11 is 0. The van der Waals surface area contributed by atoms with Crippen molar-refractivity contribution in [2.45, 2.75) is 38.8 Å². The molecule has 2 aliphatic heterocycles. The summed E-state index contributed by atoms with van der Waals surface area (Å²) in [6.07, 6.45) is 9.77. The van der Waals surface area contributed by atoms with Crippen LogP contribution in [0.1, 0.15) is 36.8 Å². The van der Waals surface area contributed by atoms with Gasteiger partial charge in [0.05, 0.1) is 22.7 Å². The molecule has 2 radical (unpaired) electrons. The SMILES string of the molecule is O=[N+]([O-])c1ccc(O)c(CN2C=C[N+]=C2CCCCC2=[N+]C=CN2Cc2cc([N+](=O)[O-])ccc2O)c1. The normalized spacial score (nSPS) is 14.3. The lowest BCUT2D eigenvalue weighted by Crippen LogP contribution is -2.26. The number of benzene rings is 2. The van der Waals surface area contributed by atoms with Crippen molar-refractivity contribution in [2.24, 2.45) is 0 Å². The zero-order valence-corrected chi connectivity index (χ0v) is 19.2. The second kappa shape index (κ2) is 10.7. The average molecular weight is 492 g/mol. The van der Waals surface area contributed by atoms with Gasteiger partial charge in [-0.1, -0.05) is 9.98 Å². The summed E-state index contributed by atoms with van der Waals surface area (Å²) in [4.78, 5) is 33.6. The summed E-state index contributed by atoms with van der Waals surface area (Å²) in [6.45, 7) is 0.528. The number of nitrogens with zero attached hydrogens (tertiary/aromatic N) is 6. The van der Waals surface area contributed by atoms with Gasteiger partial charge in [0.15, 0.2) is 12.4 Å². The molecule has 0 atom stereocenters. The molecule has 0 saturated carbocycles. The Morgan fingerprint density at radius 3 is 1.53 bits per heavy atom. The second-order valence-electron chi connectivity index (χ2n) is 8.29. The van der Waals surface area contributed by atoms with E-state index in [0.717, 1.165) is 24.5 Å². The van der Waals surface area contributed by atoms with Crippen LogP contribution in [-0.4, -0.2) is 41.5 Å². The van der Waals surface area contributed by atoms with Gasteiger partial charge in [-0.3, -0.25) is 20.2 Å². The van der Waals surface area contributed by atoms with E-state index in [1.807, 2.05) is 9.80 Å². The Hall–Kier alpha value is -4.74. The maximum absolute atomic E-state index is 11.0. The lowest BCUT2D eigenvalue weighted by atomic mass is 10.1. The maximum atomic E-state index is 11.0. The van der Waals surface area contributed by atoms with E-state index in [-0.39, 0.29) is 36.0 Å². The van der Waals surface area contributed by atoms with Crippen LogP contribution in [0, 0.1) is 20.2 Å². The third kappa shape index (κ3) is 5.66. The summed E-state index contributed by atoms with van der Waals surface area (Å²) in [5.74, 6) is 1.57. The molecule has 2 aromatic rings. The molecule has 12 heteroatoms. The maximum Gasteiger partial charge on any atom is 0.298 e. The highest BCUT2D eigenvalue weighted by Crippen LogP contribution is 2.27. The van der Waals surface area contributed by atoms with E-state index < -0.39 is 9.85 Å². The minimum Gasteiger partial charge on any atom is -0.508 e. The summed E-state index contributed by atoms with van der Waals surface area (Å²) < 4.78 is 0. The Kier molecular flexibility index (Phi) is 7.23. The number of nitro groups is 2. The van der Waals surface area contributed by atoms with Gasteiger partial charge in [0.2, 0.25) is 0 Å². The van der Waals surface area contributed by atoms with Crippen LogP contribution < -0.4 is 9.98 Å². The van der Waals surface area contributed by atoms with E-state index >= 15 is 0 Å². The molecule has 2 heterocycles. The summed E-state index contributed by atoms with van der Waals surface area (Å²) in [5, 5.41) is 42.3. The number of phenols is 2. The summed E-state index contributed by atoms with van der Waals surface area (Å²) in [5.41, 5.74) is 0.710. The fraction of sp³-hybridized carbons (Fsp3) is 0.250. The van der Waals surface area contributed by atoms with Gasteiger partial charge in [0, 0.05) is 35.4 Å². The molecule has 2 N–H and O–H groups in total. The van der Waals surface area contributed by atoms with E-state index in [1.54, 1.807) is 24.8 Å². The summed E-state index contributed by atoms with van der Waals surface area (Å²) in [6, 6.07) is 7.88. The Balaban J connectivity index is 1.28. The number of aliphatic imine (C=N–C) groups is 2. The van der Waals surface area contributed by atoms with E-state index in [9.17, 15) is 30.4 Å². The molecule has 0 amide bonds. The quantitative estimate of drug-likeness (QED) is 0.274. The van der Waals surface area contributed by atoms with Crippen molar-refractivity contribution in [2.75, 3.05) is 0 Å². The number of hydrogen-bond acceptors (Lipinski definition) is 10. The van der Waals surface area contributed by atoms with Crippen molar-refractivity contribution in [3.8, 4) is 11.5 Å². The highest BCUT2D eigenvalue weighted by Gasteiger charge is 2.28. The highest BCUT2D eigenvalue weighted by molar-refractivity contribution is 5.85. The number of non-ortho nitro benzene ring substituents is 2. The Morgan fingerprint density at radius 2 is 1.14 bits per heavy atom. The second-order valence-corrected chi connectivity index (χ2v) is 8.29. The molecule has 36 heavy (non-hydrogen) atoms. The molecule has 2 aliphatic rings. The first-order chi connectivity index (χ1) is 17.3. The molecule has 0 fully saturated rings. The van der Waals surface area contributed by atoms with Crippen molar-refractivity contribution in [3.05, 3.63) is 92.6 Å². The van der Waals surface area contributed by atoms with Crippen LogP contribution in [-0.2, 0) is 13.1 Å². The fourth-order valence-corrected chi connectivity index (χ4v) is 3.98. The predicted octanol–water partition coefficient (Wildman–Crippen LogP) is 3.22. The van der Waals surface area contributed by atoms with Crippen LogP contribution in [0.5, 0.6) is 11.5 Å². The van der Waals surface area contributed by atoms with Gasteiger partial charge in [0.25, 0.3) is 23.0 Å². The van der Waals surface area contributed by atoms with Gasteiger partial charge in [-0.25, -0.2) is 9.80 Å². The zero-order chi connectivity index (χ0) is 25.7. The van der Waals surface area contributed by atoms with Gasteiger partial charge in [-0.15, -0.1) is 0 Å². The first-order valence-corrected chi connectivity index (χ1v) is 11.2. The number of hydrogen-bond donors (Lipinski definition) is 2. The number of nitro benzene ring substituents is 2. The van der Waals surface area contributed by atoms with Crippen molar-refractivity contribution >= 4 is 23.0 Å².